The molecule has 0 bridgehead atoms. The third-order valence-corrected chi connectivity index (χ3v) is 7.68. The number of nitrogens with one attached hydrogen (secondary N) is 1. The number of ether oxygens (including phenoxy) is 1. The van der Waals surface area contributed by atoms with Gasteiger partial charge in [0.05, 0.1) is 6.04 Å². The van der Waals surface area contributed by atoms with Gasteiger partial charge in [-0.25, -0.2) is 4.79 Å². The summed E-state index contributed by atoms with van der Waals surface area (Å²) in [6, 6.07) is -1.94. The molecular formula is C26H45N3O4. The average Bonchev–Trinajstić information content (AvgIpc) is 3.30. The molecule has 2 saturated carbocycles. The zero-order valence-corrected chi connectivity index (χ0v) is 21.5. The molecule has 188 valence electrons. The van der Waals surface area contributed by atoms with Crippen LogP contribution in [0, 0.1) is 23.2 Å². The lowest BCUT2D eigenvalue weighted by atomic mass is 9.82. The molecule has 0 aromatic carbocycles. The maximum Gasteiger partial charge on any atom is 0.329 e. The van der Waals surface area contributed by atoms with Gasteiger partial charge in [-0.15, -0.1) is 0 Å². The van der Waals surface area contributed by atoms with Gasteiger partial charge in [-0.05, 0) is 69.6 Å². The summed E-state index contributed by atoms with van der Waals surface area (Å²) in [5, 5.41) is 3.00. The maximum atomic E-state index is 13.9. The Labute approximate surface area is 199 Å². The molecule has 3 aliphatic rings. The summed E-state index contributed by atoms with van der Waals surface area (Å²) in [5.41, 5.74) is 5.21. The minimum absolute atomic E-state index is 0.129. The van der Waals surface area contributed by atoms with Crippen molar-refractivity contribution >= 4 is 17.8 Å². The van der Waals surface area contributed by atoms with Crippen molar-refractivity contribution in [2.24, 2.45) is 28.9 Å². The number of hydrogen-bond donors (Lipinski definition) is 2. The fourth-order valence-corrected chi connectivity index (χ4v) is 5.96. The van der Waals surface area contributed by atoms with E-state index >= 15 is 0 Å². The predicted octanol–water partition coefficient (Wildman–Crippen LogP) is 3.39. The van der Waals surface area contributed by atoms with Gasteiger partial charge in [0.1, 0.15) is 17.7 Å². The van der Waals surface area contributed by atoms with E-state index < -0.39 is 29.1 Å². The second kappa shape index (κ2) is 9.93. The van der Waals surface area contributed by atoms with E-state index in [1.165, 1.54) is 6.42 Å². The Kier molecular flexibility index (Phi) is 7.82. The molecule has 3 N–H and O–H groups in total. The van der Waals surface area contributed by atoms with Crippen LogP contribution < -0.4 is 11.1 Å². The highest BCUT2D eigenvalue weighted by atomic mass is 16.6. The second-order valence-corrected chi connectivity index (χ2v) is 12.6. The van der Waals surface area contributed by atoms with Crippen molar-refractivity contribution in [3.8, 4) is 0 Å². The van der Waals surface area contributed by atoms with Crippen molar-refractivity contribution in [2.45, 2.75) is 117 Å². The third-order valence-electron chi connectivity index (χ3n) is 7.68. The van der Waals surface area contributed by atoms with Crippen LogP contribution in [0.3, 0.4) is 0 Å². The zero-order chi connectivity index (χ0) is 24.6. The number of nitrogens with zero attached hydrogens (tertiary/aromatic N) is 1. The smallest absolute Gasteiger partial charge is 0.329 e. The topological polar surface area (TPSA) is 102 Å². The number of nitrogens with two attached hydrogens (primary N) is 1. The van der Waals surface area contributed by atoms with Crippen molar-refractivity contribution in [3.05, 3.63) is 0 Å². The van der Waals surface area contributed by atoms with Gasteiger partial charge in [-0.3, -0.25) is 9.59 Å². The van der Waals surface area contributed by atoms with Gasteiger partial charge in [-0.1, -0.05) is 46.5 Å². The van der Waals surface area contributed by atoms with Gasteiger partial charge in [0, 0.05) is 6.54 Å². The minimum Gasteiger partial charge on any atom is -0.458 e. The van der Waals surface area contributed by atoms with Crippen molar-refractivity contribution in [2.75, 3.05) is 6.54 Å². The second-order valence-electron chi connectivity index (χ2n) is 12.6. The normalized spacial score (nSPS) is 28.2. The lowest BCUT2D eigenvalue weighted by molar-refractivity contribution is -0.165. The molecular weight excluding hydrogens is 418 g/mol. The van der Waals surface area contributed by atoms with Gasteiger partial charge < -0.3 is 20.7 Å². The largest absolute Gasteiger partial charge is 0.458 e. The van der Waals surface area contributed by atoms with Gasteiger partial charge in [0.25, 0.3) is 0 Å². The number of fused-ring (bicyclic) bond motifs is 1. The van der Waals surface area contributed by atoms with E-state index in [4.69, 9.17) is 10.5 Å². The highest BCUT2D eigenvalue weighted by Crippen LogP contribution is 2.43. The molecule has 0 spiro atoms. The Morgan fingerprint density at radius 3 is 2.15 bits per heavy atom. The number of carbonyl (C=O) groups is 3. The van der Waals surface area contributed by atoms with E-state index in [-0.39, 0.29) is 29.6 Å². The molecule has 33 heavy (non-hydrogen) atoms. The molecule has 1 aliphatic heterocycles. The van der Waals surface area contributed by atoms with E-state index in [1.54, 1.807) is 4.90 Å². The summed E-state index contributed by atoms with van der Waals surface area (Å²) in [5.74, 6) is -0.185. The Hall–Kier alpha value is -1.63. The molecule has 0 radical (unpaired) electrons. The summed E-state index contributed by atoms with van der Waals surface area (Å²) in [7, 11) is 0. The third kappa shape index (κ3) is 6.09. The molecule has 1 saturated heterocycles. The van der Waals surface area contributed by atoms with Crippen LogP contribution in [-0.4, -0.2) is 53.0 Å². The first kappa shape index (κ1) is 26.0. The van der Waals surface area contributed by atoms with Gasteiger partial charge in [-0.2, -0.15) is 0 Å². The van der Waals surface area contributed by atoms with Crippen LogP contribution in [0.5, 0.6) is 0 Å². The van der Waals surface area contributed by atoms with Crippen LogP contribution in [0.25, 0.3) is 0 Å². The Morgan fingerprint density at radius 2 is 1.58 bits per heavy atom. The van der Waals surface area contributed by atoms with E-state index in [0.717, 1.165) is 44.9 Å². The lowest BCUT2D eigenvalue weighted by Crippen LogP contribution is -2.60. The Bertz CT molecular complexity index is 733. The number of rotatable bonds is 5. The van der Waals surface area contributed by atoms with Crippen LogP contribution in [0.4, 0.5) is 0 Å². The van der Waals surface area contributed by atoms with Crippen molar-refractivity contribution < 1.29 is 19.1 Å². The Balaban J connectivity index is 1.79. The molecule has 0 aromatic rings. The van der Waals surface area contributed by atoms with E-state index in [0.29, 0.717) is 12.5 Å². The molecule has 2 aliphatic carbocycles. The average molecular weight is 464 g/mol. The van der Waals surface area contributed by atoms with Gasteiger partial charge >= 0.3 is 5.97 Å². The zero-order valence-electron chi connectivity index (χ0n) is 21.5. The molecule has 7 heteroatoms. The van der Waals surface area contributed by atoms with Crippen molar-refractivity contribution in [1.29, 1.82) is 0 Å². The summed E-state index contributed by atoms with van der Waals surface area (Å²) in [6.45, 7) is 11.9. The van der Waals surface area contributed by atoms with Crippen LogP contribution in [0.2, 0.25) is 0 Å². The first-order valence-electron chi connectivity index (χ1n) is 12.9. The maximum absolute atomic E-state index is 13.9. The Morgan fingerprint density at radius 1 is 0.939 bits per heavy atom. The van der Waals surface area contributed by atoms with Crippen LogP contribution in [0.15, 0.2) is 0 Å². The number of hydrogen-bond acceptors (Lipinski definition) is 5. The van der Waals surface area contributed by atoms with E-state index in [9.17, 15) is 14.4 Å². The summed E-state index contributed by atoms with van der Waals surface area (Å²) in [4.78, 5) is 41.9. The van der Waals surface area contributed by atoms with Gasteiger partial charge in [0.2, 0.25) is 11.8 Å². The monoisotopic (exact) mass is 463 g/mol. The molecule has 3 unspecified atom stereocenters. The highest BCUT2D eigenvalue weighted by Gasteiger charge is 2.53. The van der Waals surface area contributed by atoms with E-state index in [2.05, 4.69) is 5.32 Å². The van der Waals surface area contributed by atoms with Crippen molar-refractivity contribution in [1.82, 2.24) is 10.2 Å². The fraction of sp³-hybridized carbons (Fsp3) is 0.885. The first-order chi connectivity index (χ1) is 15.3. The van der Waals surface area contributed by atoms with Gasteiger partial charge in [0.15, 0.2) is 0 Å². The number of likely N-dealkylation sites (tertiary alicyclic amines) is 1. The molecule has 3 rings (SSSR count). The minimum atomic E-state index is -0.747. The molecule has 7 nitrogen and oxygen atoms in total. The molecule has 0 aromatic heterocycles. The SMILES string of the molecule is CC(C)(C)OC(=O)C1C2CCCC2CN1C(=O)[C@@H](NC(=O)[C@@H](N)C1CCCCC1)C(C)(C)C. The number of carbonyl (C=O) groups excluding carboxylic acids is 3. The van der Waals surface area contributed by atoms with Crippen LogP contribution in [0.1, 0.15) is 92.9 Å². The van der Waals surface area contributed by atoms with Crippen LogP contribution >= 0.6 is 0 Å². The first-order valence-corrected chi connectivity index (χ1v) is 12.9. The highest BCUT2D eigenvalue weighted by molar-refractivity contribution is 5.93. The lowest BCUT2D eigenvalue weighted by Gasteiger charge is -2.37. The quantitative estimate of drug-likeness (QED) is 0.609. The number of amides is 2. The summed E-state index contributed by atoms with van der Waals surface area (Å²) >= 11 is 0. The molecule has 3 fully saturated rings. The molecule has 2 amide bonds. The van der Waals surface area contributed by atoms with Crippen molar-refractivity contribution in [3.63, 3.8) is 0 Å². The standard InChI is InChI=1S/C26H45N3O4/c1-25(2,3)21(28-22(30)19(27)16-11-8-7-9-12-16)23(31)29-15-17-13-10-14-18(17)20(29)24(32)33-26(4,5)6/h16-21H,7-15,27H2,1-6H3,(H,28,30)/t17?,18?,19-,20?,21+/m0/s1. The van der Waals surface area contributed by atoms with Crippen LogP contribution in [-0.2, 0) is 19.1 Å². The number of esters is 1. The predicted molar refractivity (Wildman–Crippen MR) is 128 cm³/mol. The molecule has 5 atom stereocenters. The summed E-state index contributed by atoms with van der Waals surface area (Å²) in [6.07, 6.45) is 8.33. The fourth-order valence-electron chi connectivity index (χ4n) is 5.96. The van der Waals surface area contributed by atoms with E-state index in [1.807, 2.05) is 41.5 Å². The summed E-state index contributed by atoms with van der Waals surface area (Å²) < 4.78 is 5.73. The molecule has 1 heterocycles.